The smallest absolute Gasteiger partial charge is 0.323 e. The summed E-state index contributed by atoms with van der Waals surface area (Å²) in [6.07, 6.45) is 7.76. The van der Waals surface area contributed by atoms with Gasteiger partial charge in [0.05, 0.1) is 21.3 Å². The summed E-state index contributed by atoms with van der Waals surface area (Å²) >= 11 is 12.3. The van der Waals surface area contributed by atoms with Crippen LogP contribution in [-0.4, -0.2) is 31.1 Å². The quantitative estimate of drug-likeness (QED) is 0.414. The first-order valence-electron chi connectivity index (χ1n) is 12.1. The van der Waals surface area contributed by atoms with E-state index in [-0.39, 0.29) is 11.9 Å². The van der Waals surface area contributed by atoms with Crippen LogP contribution in [0.2, 0.25) is 10.0 Å². The van der Waals surface area contributed by atoms with Crippen LogP contribution in [-0.2, 0) is 0 Å². The number of benzene rings is 2. The van der Waals surface area contributed by atoms with Crippen molar-refractivity contribution in [2.75, 3.05) is 28.6 Å². The highest BCUT2D eigenvalue weighted by Crippen LogP contribution is 2.31. The van der Waals surface area contributed by atoms with Crippen LogP contribution in [0.4, 0.5) is 21.9 Å². The normalized spacial score (nSPS) is 17.3. The van der Waals surface area contributed by atoms with Crippen LogP contribution >= 0.6 is 23.2 Å². The van der Waals surface area contributed by atoms with Crippen molar-refractivity contribution in [2.24, 2.45) is 5.92 Å². The Labute approximate surface area is 211 Å². The van der Waals surface area contributed by atoms with Gasteiger partial charge in [-0.2, -0.15) is 0 Å². The molecule has 4 rings (SSSR count). The van der Waals surface area contributed by atoms with Crippen molar-refractivity contribution < 1.29 is 9.59 Å². The summed E-state index contributed by atoms with van der Waals surface area (Å²) in [5.74, 6) is 0.607. The van der Waals surface area contributed by atoms with Gasteiger partial charge in [-0.15, -0.1) is 0 Å². The van der Waals surface area contributed by atoms with E-state index in [0.29, 0.717) is 32.9 Å². The molecule has 6 nitrogen and oxygen atoms in total. The van der Waals surface area contributed by atoms with E-state index >= 15 is 0 Å². The van der Waals surface area contributed by atoms with Gasteiger partial charge in [0.25, 0.3) is 5.91 Å². The largest absolute Gasteiger partial charge is 0.371 e. The van der Waals surface area contributed by atoms with Crippen molar-refractivity contribution in [2.45, 2.75) is 57.9 Å². The molecule has 0 radical (unpaired) electrons. The number of urea groups is 1. The molecule has 2 aromatic rings. The number of anilines is 3. The predicted octanol–water partition coefficient (Wildman–Crippen LogP) is 6.94. The first kappa shape index (κ1) is 24.7. The SMILES string of the molecule is CC1CCN(c2ccc(NC(=O)Nc3c(Cl)cccc3Cl)cc2C(=O)NC2CCCCC2)CC1. The Kier molecular flexibility index (Phi) is 8.22. The molecule has 0 atom stereocenters. The van der Waals surface area contributed by atoms with Gasteiger partial charge in [0.1, 0.15) is 0 Å². The molecule has 1 saturated carbocycles. The number of carbonyl (C=O) groups excluding carboxylic acids is 2. The molecule has 0 spiro atoms. The lowest BCUT2D eigenvalue weighted by Gasteiger charge is -2.34. The number of nitrogens with zero attached hydrogens (tertiary/aromatic N) is 1. The minimum absolute atomic E-state index is 0.0845. The molecule has 3 amide bonds. The number of rotatable bonds is 5. The molecule has 1 saturated heterocycles. The Morgan fingerprint density at radius 2 is 1.59 bits per heavy atom. The molecule has 3 N–H and O–H groups in total. The maximum Gasteiger partial charge on any atom is 0.323 e. The zero-order valence-corrected chi connectivity index (χ0v) is 21.0. The van der Waals surface area contributed by atoms with Crippen LogP contribution in [0.15, 0.2) is 36.4 Å². The van der Waals surface area contributed by atoms with E-state index in [9.17, 15) is 9.59 Å². The molecule has 2 fully saturated rings. The van der Waals surface area contributed by atoms with Crippen LogP contribution < -0.4 is 20.9 Å². The van der Waals surface area contributed by atoms with Gasteiger partial charge in [-0.25, -0.2) is 4.79 Å². The molecule has 34 heavy (non-hydrogen) atoms. The topological polar surface area (TPSA) is 73.5 Å². The van der Waals surface area contributed by atoms with Crippen LogP contribution in [0.25, 0.3) is 0 Å². The minimum atomic E-state index is -0.479. The fraction of sp³-hybridized carbons (Fsp3) is 0.462. The van der Waals surface area contributed by atoms with Gasteiger partial charge in [0, 0.05) is 30.5 Å². The molecule has 0 bridgehead atoms. The number of para-hydroxylation sites is 1. The van der Waals surface area contributed by atoms with Crippen molar-refractivity contribution in [1.29, 1.82) is 0 Å². The molecule has 8 heteroatoms. The Bertz CT molecular complexity index is 1010. The monoisotopic (exact) mass is 502 g/mol. The highest BCUT2D eigenvalue weighted by atomic mass is 35.5. The third-order valence-corrected chi connectivity index (χ3v) is 7.39. The van der Waals surface area contributed by atoms with E-state index in [1.54, 1.807) is 24.3 Å². The van der Waals surface area contributed by atoms with E-state index in [1.807, 2.05) is 12.1 Å². The van der Waals surface area contributed by atoms with E-state index < -0.39 is 6.03 Å². The summed E-state index contributed by atoms with van der Waals surface area (Å²) in [4.78, 5) is 28.3. The van der Waals surface area contributed by atoms with Crippen molar-refractivity contribution in [3.63, 3.8) is 0 Å². The standard InChI is InChI=1S/C26H32Cl2N4O2/c1-17-12-14-32(15-13-17)23-11-10-19(16-20(23)25(33)29-18-6-3-2-4-7-18)30-26(34)31-24-21(27)8-5-9-22(24)28/h5,8-11,16-18H,2-4,6-7,12-15H2,1H3,(H,29,33)(H2,30,31,34). The first-order chi connectivity index (χ1) is 16.4. The number of amides is 3. The second-order valence-corrected chi connectivity index (χ2v) is 10.2. The second kappa shape index (κ2) is 11.3. The molecule has 0 unspecified atom stereocenters. The lowest BCUT2D eigenvalue weighted by Crippen LogP contribution is -2.38. The Morgan fingerprint density at radius 3 is 2.26 bits per heavy atom. The predicted molar refractivity (Wildman–Crippen MR) is 140 cm³/mol. The highest BCUT2D eigenvalue weighted by Gasteiger charge is 2.24. The van der Waals surface area contributed by atoms with Gasteiger partial charge in [-0.3, -0.25) is 4.79 Å². The molecular formula is C26H32Cl2N4O2. The van der Waals surface area contributed by atoms with E-state index in [1.165, 1.54) is 6.42 Å². The van der Waals surface area contributed by atoms with Gasteiger partial charge < -0.3 is 20.9 Å². The van der Waals surface area contributed by atoms with Crippen LogP contribution in [0, 0.1) is 5.92 Å². The van der Waals surface area contributed by atoms with E-state index in [4.69, 9.17) is 23.2 Å². The van der Waals surface area contributed by atoms with Crippen molar-refractivity contribution in [1.82, 2.24) is 5.32 Å². The Hall–Kier alpha value is -2.44. The zero-order chi connectivity index (χ0) is 24.1. The lowest BCUT2D eigenvalue weighted by molar-refractivity contribution is 0.0928. The number of nitrogens with one attached hydrogen (secondary N) is 3. The maximum absolute atomic E-state index is 13.4. The maximum atomic E-state index is 13.4. The molecule has 1 aliphatic heterocycles. The van der Waals surface area contributed by atoms with Gasteiger partial charge in [0.2, 0.25) is 0 Å². The fourth-order valence-electron chi connectivity index (χ4n) is 4.72. The summed E-state index contributed by atoms with van der Waals surface area (Å²) in [6.45, 7) is 4.11. The average Bonchev–Trinajstić information content (AvgIpc) is 2.83. The molecular weight excluding hydrogens is 471 g/mol. The number of hydrogen-bond donors (Lipinski definition) is 3. The molecule has 1 aliphatic carbocycles. The lowest BCUT2D eigenvalue weighted by atomic mass is 9.95. The van der Waals surface area contributed by atoms with Crippen molar-refractivity contribution >= 4 is 52.2 Å². The van der Waals surface area contributed by atoms with Crippen molar-refractivity contribution in [3.05, 3.63) is 52.0 Å². The zero-order valence-electron chi connectivity index (χ0n) is 19.5. The fourth-order valence-corrected chi connectivity index (χ4v) is 5.22. The molecule has 2 aliphatic rings. The molecule has 1 heterocycles. The summed E-state index contributed by atoms with van der Waals surface area (Å²) in [5.41, 5.74) is 2.38. The number of piperidine rings is 1. The second-order valence-electron chi connectivity index (χ2n) is 9.39. The number of carbonyl (C=O) groups is 2. The first-order valence-corrected chi connectivity index (χ1v) is 12.9. The van der Waals surface area contributed by atoms with Crippen LogP contribution in [0.1, 0.15) is 62.2 Å². The third kappa shape index (κ3) is 6.16. The van der Waals surface area contributed by atoms with Crippen LogP contribution in [0.5, 0.6) is 0 Å². The minimum Gasteiger partial charge on any atom is -0.371 e. The van der Waals surface area contributed by atoms with Crippen LogP contribution in [0.3, 0.4) is 0 Å². The summed E-state index contributed by atoms with van der Waals surface area (Å²) in [7, 11) is 0. The number of halogens is 2. The summed E-state index contributed by atoms with van der Waals surface area (Å²) < 4.78 is 0. The van der Waals surface area contributed by atoms with Gasteiger partial charge >= 0.3 is 6.03 Å². The Morgan fingerprint density at radius 1 is 0.912 bits per heavy atom. The van der Waals surface area contributed by atoms with E-state index in [0.717, 1.165) is 57.3 Å². The Balaban J connectivity index is 1.54. The molecule has 182 valence electrons. The van der Waals surface area contributed by atoms with Gasteiger partial charge in [0.15, 0.2) is 0 Å². The highest BCUT2D eigenvalue weighted by molar-refractivity contribution is 6.39. The molecule has 2 aromatic carbocycles. The van der Waals surface area contributed by atoms with Gasteiger partial charge in [-0.1, -0.05) is 55.5 Å². The summed E-state index contributed by atoms with van der Waals surface area (Å²) in [5, 5.41) is 9.45. The summed E-state index contributed by atoms with van der Waals surface area (Å²) in [6, 6.07) is 10.3. The number of hydrogen-bond acceptors (Lipinski definition) is 3. The van der Waals surface area contributed by atoms with Gasteiger partial charge in [-0.05, 0) is 61.9 Å². The average molecular weight is 503 g/mol. The third-order valence-electron chi connectivity index (χ3n) is 6.77. The van der Waals surface area contributed by atoms with Crippen molar-refractivity contribution in [3.8, 4) is 0 Å². The van der Waals surface area contributed by atoms with E-state index in [2.05, 4.69) is 27.8 Å². The molecule has 0 aromatic heterocycles.